The van der Waals surface area contributed by atoms with Gasteiger partial charge < -0.3 is 9.30 Å². The summed E-state index contributed by atoms with van der Waals surface area (Å²) in [5.41, 5.74) is 7.35. The molecular weight excluding hydrogens is 364 g/mol. The predicted molar refractivity (Wildman–Crippen MR) is 115 cm³/mol. The van der Waals surface area contributed by atoms with Crippen molar-refractivity contribution in [2.75, 3.05) is 6.61 Å². The maximum absolute atomic E-state index is 13.1. The van der Waals surface area contributed by atoms with Gasteiger partial charge in [-0.1, -0.05) is 6.07 Å². The molecule has 0 N–H and O–H groups in total. The van der Waals surface area contributed by atoms with E-state index in [0.717, 1.165) is 40.7 Å². The Hall–Kier alpha value is -2.95. The van der Waals surface area contributed by atoms with Crippen LogP contribution in [0.3, 0.4) is 0 Å². The number of carbonyl (C=O) groups is 1. The van der Waals surface area contributed by atoms with Crippen molar-refractivity contribution in [3.63, 3.8) is 0 Å². The first-order valence-corrected chi connectivity index (χ1v) is 10.1. The normalized spacial score (nSPS) is 13.7. The number of pyridine rings is 2. The van der Waals surface area contributed by atoms with E-state index < -0.39 is 5.97 Å². The zero-order chi connectivity index (χ0) is 20.9. The Bertz CT molecular complexity index is 1200. The van der Waals surface area contributed by atoms with Crippen molar-refractivity contribution in [3.05, 3.63) is 62.7 Å². The molecule has 0 aliphatic heterocycles. The lowest BCUT2D eigenvalue weighted by Crippen LogP contribution is -2.21. The number of ether oxygens (including phenoxy) is 1. The molecule has 5 heteroatoms. The minimum Gasteiger partial charge on any atom is -0.462 e. The molecule has 5 nitrogen and oxygen atoms in total. The van der Waals surface area contributed by atoms with Crippen molar-refractivity contribution in [2.45, 2.75) is 53.5 Å². The predicted octanol–water partition coefficient (Wildman–Crippen LogP) is 4.81. The molecule has 3 aromatic rings. The SMILES string of the molecule is CCOC(=O)c1cn(C2CC2)c2c(C)c(-c3cnc(C)c(C)c3C)ccc2c1=O. The fraction of sp³-hybridized carbons (Fsp3) is 0.375. The molecule has 1 saturated carbocycles. The van der Waals surface area contributed by atoms with E-state index in [1.165, 1.54) is 11.1 Å². The van der Waals surface area contributed by atoms with Gasteiger partial charge in [0.2, 0.25) is 5.43 Å². The molecule has 29 heavy (non-hydrogen) atoms. The van der Waals surface area contributed by atoms with Crippen LogP contribution in [-0.4, -0.2) is 22.1 Å². The number of aryl methyl sites for hydroxylation is 2. The first-order chi connectivity index (χ1) is 13.8. The fourth-order valence-corrected chi connectivity index (χ4v) is 4.01. The summed E-state index contributed by atoms with van der Waals surface area (Å²) in [6, 6.07) is 4.14. The summed E-state index contributed by atoms with van der Waals surface area (Å²) in [7, 11) is 0. The maximum Gasteiger partial charge on any atom is 0.343 e. The first kappa shape index (κ1) is 19.4. The molecule has 150 valence electrons. The number of hydrogen-bond acceptors (Lipinski definition) is 4. The lowest BCUT2D eigenvalue weighted by atomic mass is 9.93. The van der Waals surface area contributed by atoms with E-state index in [1.807, 2.05) is 25.3 Å². The number of fused-ring (bicyclic) bond motifs is 1. The van der Waals surface area contributed by atoms with Gasteiger partial charge in [0.25, 0.3) is 0 Å². The van der Waals surface area contributed by atoms with E-state index in [1.54, 1.807) is 13.1 Å². The third-order valence-corrected chi connectivity index (χ3v) is 6.07. The quantitative estimate of drug-likeness (QED) is 0.600. The van der Waals surface area contributed by atoms with Gasteiger partial charge >= 0.3 is 5.97 Å². The van der Waals surface area contributed by atoms with Gasteiger partial charge in [-0.2, -0.15) is 0 Å². The molecule has 0 radical (unpaired) electrons. The van der Waals surface area contributed by atoms with Crippen molar-refractivity contribution < 1.29 is 9.53 Å². The molecule has 0 atom stereocenters. The highest BCUT2D eigenvalue weighted by molar-refractivity contribution is 5.96. The Labute approximate surface area is 170 Å². The van der Waals surface area contributed by atoms with Crippen molar-refractivity contribution in [3.8, 4) is 11.1 Å². The molecule has 0 saturated heterocycles. The summed E-state index contributed by atoms with van der Waals surface area (Å²) in [6.45, 7) is 10.3. The van der Waals surface area contributed by atoms with Gasteiger partial charge in [0.05, 0.1) is 12.1 Å². The molecule has 0 bridgehead atoms. The molecule has 4 rings (SSSR count). The molecule has 0 amide bonds. The van der Waals surface area contributed by atoms with Crippen LogP contribution in [0.25, 0.3) is 22.0 Å². The van der Waals surface area contributed by atoms with Gasteiger partial charge in [-0.25, -0.2) is 4.79 Å². The monoisotopic (exact) mass is 390 g/mol. The molecule has 0 unspecified atom stereocenters. The summed E-state index contributed by atoms with van der Waals surface area (Å²) in [4.78, 5) is 30.0. The average Bonchev–Trinajstić information content (AvgIpc) is 3.53. The summed E-state index contributed by atoms with van der Waals surface area (Å²) in [5.74, 6) is -0.551. The summed E-state index contributed by atoms with van der Waals surface area (Å²) >= 11 is 0. The highest BCUT2D eigenvalue weighted by atomic mass is 16.5. The number of carbonyl (C=O) groups excluding carboxylic acids is 1. The highest BCUT2D eigenvalue weighted by Crippen LogP contribution is 2.39. The van der Waals surface area contributed by atoms with Crippen LogP contribution in [0.4, 0.5) is 0 Å². The van der Waals surface area contributed by atoms with Crippen LogP contribution in [0, 0.1) is 27.7 Å². The van der Waals surface area contributed by atoms with E-state index >= 15 is 0 Å². The van der Waals surface area contributed by atoms with Crippen molar-refractivity contribution >= 4 is 16.9 Å². The standard InChI is InChI=1S/C24H26N2O3/c1-6-29-24(28)21-12-26(17-7-8-17)22-15(4)18(9-10-19(22)23(21)27)20-11-25-16(5)13(2)14(20)3/h9-12,17H,6-8H2,1-5H3. The Morgan fingerprint density at radius 1 is 1.10 bits per heavy atom. The molecule has 2 aromatic heterocycles. The lowest BCUT2D eigenvalue weighted by Gasteiger charge is -2.18. The molecule has 1 aromatic carbocycles. The number of esters is 1. The smallest absolute Gasteiger partial charge is 0.343 e. The van der Waals surface area contributed by atoms with E-state index in [0.29, 0.717) is 11.4 Å². The van der Waals surface area contributed by atoms with Crippen LogP contribution in [0.1, 0.15) is 58.5 Å². The van der Waals surface area contributed by atoms with Gasteiger partial charge in [-0.3, -0.25) is 9.78 Å². The van der Waals surface area contributed by atoms with E-state index in [2.05, 4.69) is 30.3 Å². The van der Waals surface area contributed by atoms with Gasteiger partial charge in [0.1, 0.15) is 5.56 Å². The molecular formula is C24H26N2O3. The van der Waals surface area contributed by atoms with E-state index in [-0.39, 0.29) is 17.6 Å². The average molecular weight is 390 g/mol. The minimum absolute atomic E-state index is 0.113. The molecule has 1 fully saturated rings. The highest BCUT2D eigenvalue weighted by Gasteiger charge is 2.28. The second-order valence-electron chi connectivity index (χ2n) is 7.87. The Balaban J connectivity index is 2.01. The Kier molecular flexibility index (Phi) is 4.77. The first-order valence-electron chi connectivity index (χ1n) is 10.1. The van der Waals surface area contributed by atoms with Crippen LogP contribution in [-0.2, 0) is 4.74 Å². The van der Waals surface area contributed by atoms with Crippen molar-refractivity contribution in [2.24, 2.45) is 0 Å². The van der Waals surface area contributed by atoms with Crippen LogP contribution in [0.5, 0.6) is 0 Å². The second kappa shape index (κ2) is 7.14. The molecule has 1 aliphatic carbocycles. The van der Waals surface area contributed by atoms with Gasteiger partial charge in [-0.05, 0) is 75.8 Å². The summed E-state index contributed by atoms with van der Waals surface area (Å²) < 4.78 is 7.22. The number of hydrogen-bond donors (Lipinski definition) is 0. The minimum atomic E-state index is -0.551. The second-order valence-corrected chi connectivity index (χ2v) is 7.87. The number of benzene rings is 1. The van der Waals surface area contributed by atoms with Crippen LogP contribution >= 0.6 is 0 Å². The van der Waals surface area contributed by atoms with Gasteiger partial charge in [-0.15, -0.1) is 0 Å². The number of aromatic nitrogens is 2. The largest absolute Gasteiger partial charge is 0.462 e. The summed E-state index contributed by atoms with van der Waals surface area (Å²) in [6.07, 6.45) is 5.71. The summed E-state index contributed by atoms with van der Waals surface area (Å²) in [5, 5.41) is 0.568. The molecule has 1 aliphatic rings. The number of rotatable bonds is 4. The Morgan fingerprint density at radius 3 is 2.48 bits per heavy atom. The topological polar surface area (TPSA) is 61.2 Å². The zero-order valence-electron chi connectivity index (χ0n) is 17.6. The van der Waals surface area contributed by atoms with Crippen LogP contribution in [0.15, 0.2) is 29.3 Å². The van der Waals surface area contributed by atoms with E-state index in [9.17, 15) is 9.59 Å². The zero-order valence-corrected chi connectivity index (χ0v) is 17.6. The maximum atomic E-state index is 13.1. The lowest BCUT2D eigenvalue weighted by molar-refractivity contribution is 0.0524. The van der Waals surface area contributed by atoms with Crippen LogP contribution < -0.4 is 5.43 Å². The molecule has 0 spiro atoms. The third-order valence-electron chi connectivity index (χ3n) is 6.07. The van der Waals surface area contributed by atoms with Crippen molar-refractivity contribution in [1.82, 2.24) is 9.55 Å². The third kappa shape index (κ3) is 3.15. The van der Waals surface area contributed by atoms with E-state index in [4.69, 9.17) is 4.74 Å². The van der Waals surface area contributed by atoms with Gasteiger partial charge in [0.15, 0.2) is 0 Å². The van der Waals surface area contributed by atoms with Gasteiger partial charge in [0, 0.05) is 35.1 Å². The van der Waals surface area contributed by atoms with Crippen molar-refractivity contribution in [1.29, 1.82) is 0 Å². The fourth-order valence-electron chi connectivity index (χ4n) is 4.01. The Morgan fingerprint density at radius 2 is 1.83 bits per heavy atom. The van der Waals surface area contributed by atoms with Crippen LogP contribution in [0.2, 0.25) is 0 Å². The number of nitrogens with zero attached hydrogens (tertiary/aromatic N) is 2. The molecule has 2 heterocycles.